The highest BCUT2D eigenvalue weighted by Gasteiger charge is 2.55. The van der Waals surface area contributed by atoms with Crippen LogP contribution in [0.2, 0.25) is 0 Å². The molecule has 0 aliphatic carbocycles. The van der Waals surface area contributed by atoms with E-state index in [1.54, 1.807) is 21.3 Å². The summed E-state index contributed by atoms with van der Waals surface area (Å²) in [6.45, 7) is 16.0. The lowest BCUT2D eigenvalue weighted by atomic mass is 10.3. The van der Waals surface area contributed by atoms with Crippen LogP contribution < -0.4 is 24.0 Å². The van der Waals surface area contributed by atoms with Gasteiger partial charge in [-0.25, -0.2) is 0 Å². The van der Waals surface area contributed by atoms with Crippen LogP contribution in [0.15, 0.2) is 38.0 Å². The van der Waals surface area contributed by atoms with E-state index >= 15 is 0 Å². The van der Waals surface area contributed by atoms with Crippen LogP contribution in [-0.2, 0) is 13.3 Å². The van der Waals surface area contributed by atoms with Gasteiger partial charge in [0.15, 0.2) is 5.67 Å². The lowest BCUT2D eigenvalue weighted by molar-refractivity contribution is -0.925. The SMILES string of the molecule is C=CC[N+](CC=C)(CC=C)C(C)[Si](OC)(OC)OC.[I-]. The molecule has 0 aromatic rings. The molecule has 0 aromatic carbocycles. The predicted octanol–water partition coefficient (Wildman–Crippen LogP) is -0.829. The summed E-state index contributed by atoms with van der Waals surface area (Å²) >= 11 is 0. The second-order valence-corrected chi connectivity index (χ2v) is 7.79. The first-order valence-corrected chi connectivity index (χ1v) is 8.16. The van der Waals surface area contributed by atoms with Gasteiger partial charge in [0.2, 0.25) is 0 Å². The first-order chi connectivity index (χ1) is 9.02. The molecular formula is C14H28INO3Si. The highest BCUT2D eigenvalue weighted by Crippen LogP contribution is 2.25. The number of nitrogens with zero attached hydrogens (tertiary/aromatic N) is 1. The monoisotopic (exact) mass is 413 g/mol. The van der Waals surface area contributed by atoms with Crippen molar-refractivity contribution in [2.24, 2.45) is 0 Å². The van der Waals surface area contributed by atoms with Gasteiger partial charge >= 0.3 is 8.80 Å². The van der Waals surface area contributed by atoms with Crippen molar-refractivity contribution in [1.29, 1.82) is 0 Å². The zero-order valence-corrected chi connectivity index (χ0v) is 16.3. The molecule has 0 spiro atoms. The molecule has 4 nitrogen and oxygen atoms in total. The average molecular weight is 413 g/mol. The smallest absolute Gasteiger partial charge is 0.561 e. The Morgan fingerprint density at radius 3 is 1.40 bits per heavy atom. The van der Waals surface area contributed by atoms with E-state index in [0.29, 0.717) is 4.48 Å². The van der Waals surface area contributed by atoms with E-state index in [1.807, 2.05) is 18.2 Å². The van der Waals surface area contributed by atoms with Gasteiger partial charge in [-0.1, -0.05) is 19.7 Å². The predicted molar refractivity (Wildman–Crippen MR) is 81.7 cm³/mol. The Hall–Kier alpha value is 0.00688. The van der Waals surface area contributed by atoms with Gasteiger partial charge in [-0.15, -0.1) is 0 Å². The van der Waals surface area contributed by atoms with Crippen LogP contribution in [0.3, 0.4) is 0 Å². The Balaban J connectivity index is 0. The minimum absolute atomic E-state index is 0. The van der Waals surface area contributed by atoms with E-state index in [-0.39, 0.29) is 29.6 Å². The molecule has 0 aliphatic rings. The third-order valence-corrected chi connectivity index (χ3v) is 6.94. The number of hydrogen-bond acceptors (Lipinski definition) is 3. The molecule has 20 heavy (non-hydrogen) atoms. The molecule has 0 radical (unpaired) electrons. The van der Waals surface area contributed by atoms with Gasteiger partial charge in [-0.05, 0) is 25.2 Å². The Labute approximate surface area is 142 Å². The molecule has 0 rings (SSSR count). The van der Waals surface area contributed by atoms with Crippen LogP contribution in [0.5, 0.6) is 0 Å². The highest BCUT2D eigenvalue weighted by atomic mass is 127. The zero-order chi connectivity index (χ0) is 14.9. The van der Waals surface area contributed by atoms with Crippen LogP contribution in [0, 0.1) is 0 Å². The van der Waals surface area contributed by atoms with Gasteiger partial charge in [0.05, 0.1) is 19.6 Å². The van der Waals surface area contributed by atoms with E-state index in [4.69, 9.17) is 13.3 Å². The minimum Gasteiger partial charge on any atom is -1.00 e. The molecule has 1 atom stereocenters. The molecule has 6 heteroatoms. The number of hydrogen-bond donors (Lipinski definition) is 0. The van der Waals surface area contributed by atoms with E-state index < -0.39 is 8.80 Å². The van der Waals surface area contributed by atoms with Crippen molar-refractivity contribution in [2.45, 2.75) is 12.6 Å². The van der Waals surface area contributed by atoms with Crippen LogP contribution in [0.4, 0.5) is 0 Å². The third-order valence-electron chi connectivity index (χ3n) is 3.66. The van der Waals surface area contributed by atoms with E-state index in [9.17, 15) is 0 Å². The van der Waals surface area contributed by atoms with Gasteiger partial charge < -0.3 is 41.7 Å². The summed E-state index contributed by atoms with van der Waals surface area (Å²) in [7, 11) is 2.18. The quantitative estimate of drug-likeness (QED) is 0.192. The minimum atomic E-state index is -2.74. The van der Waals surface area contributed by atoms with E-state index in [2.05, 4.69) is 26.7 Å². The van der Waals surface area contributed by atoms with Crippen molar-refractivity contribution >= 4 is 8.80 Å². The summed E-state index contributed by atoms with van der Waals surface area (Å²) in [5.74, 6) is 0. The van der Waals surface area contributed by atoms with Crippen LogP contribution in [0.25, 0.3) is 0 Å². The molecule has 0 saturated heterocycles. The first kappa shape index (κ1) is 22.3. The fraction of sp³-hybridized carbons (Fsp3) is 0.571. The average Bonchev–Trinajstić information content (AvgIpc) is 2.42. The molecule has 118 valence electrons. The van der Waals surface area contributed by atoms with Crippen molar-refractivity contribution in [1.82, 2.24) is 0 Å². The molecule has 0 fully saturated rings. The van der Waals surface area contributed by atoms with Gasteiger partial charge in [0, 0.05) is 21.3 Å². The normalized spacial score (nSPS) is 13.2. The van der Waals surface area contributed by atoms with Crippen molar-refractivity contribution in [3.8, 4) is 0 Å². The molecule has 0 N–H and O–H groups in total. The maximum Gasteiger partial charge on any atom is 0.561 e. The summed E-state index contributed by atoms with van der Waals surface area (Å²) in [6.07, 6.45) is 5.72. The number of halogens is 1. The van der Waals surface area contributed by atoms with Gasteiger partial charge in [0.1, 0.15) is 0 Å². The lowest BCUT2D eigenvalue weighted by Crippen LogP contribution is -3.00. The fourth-order valence-corrected chi connectivity index (χ4v) is 5.08. The van der Waals surface area contributed by atoms with Crippen LogP contribution in [-0.4, -0.2) is 59.9 Å². The summed E-state index contributed by atoms with van der Waals surface area (Å²) < 4.78 is 17.5. The zero-order valence-electron chi connectivity index (χ0n) is 13.1. The van der Waals surface area contributed by atoms with Crippen molar-refractivity contribution in [3.05, 3.63) is 38.0 Å². The second kappa shape index (κ2) is 10.7. The van der Waals surface area contributed by atoms with Crippen LogP contribution in [0.1, 0.15) is 6.92 Å². The maximum absolute atomic E-state index is 5.62. The molecule has 0 amide bonds. The van der Waals surface area contributed by atoms with Crippen molar-refractivity contribution in [2.75, 3.05) is 41.0 Å². The number of quaternary nitrogens is 1. The topological polar surface area (TPSA) is 27.7 Å². The van der Waals surface area contributed by atoms with Gasteiger partial charge in [-0.2, -0.15) is 0 Å². The van der Waals surface area contributed by atoms with Crippen molar-refractivity contribution in [3.63, 3.8) is 0 Å². The molecule has 0 aliphatic heterocycles. The fourth-order valence-electron chi connectivity index (χ4n) is 2.57. The number of rotatable bonds is 11. The molecule has 1 unspecified atom stereocenters. The Morgan fingerprint density at radius 2 is 1.20 bits per heavy atom. The van der Waals surface area contributed by atoms with Gasteiger partial charge in [-0.3, -0.25) is 0 Å². The van der Waals surface area contributed by atoms with E-state index in [0.717, 1.165) is 19.6 Å². The third kappa shape index (κ3) is 4.78. The maximum atomic E-state index is 5.62. The molecule has 0 bridgehead atoms. The Morgan fingerprint density at radius 1 is 0.900 bits per heavy atom. The standard InChI is InChI=1S/C14H28NO3Si.HI/c1-8-11-15(12-9-2,13-10-3)14(4)19(16-5,17-6)18-7;/h8-10,14H,1-3,11-13H2,4-7H3;1H/q+1;/p-1. The lowest BCUT2D eigenvalue weighted by Gasteiger charge is -2.45. The second-order valence-electron chi connectivity index (χ2n) is 4.52. The van der Waals surface area contributed by atoms with E-state index in [1.165, 1.54) is 0 Å². The Kier molecular flexibility index (Phi) is 11.9. The van der Waals surface area contributed by atoms with Crippen LogP contribution >= 0.6 is 0 Å². The highest BCUT2D eigenvalue weighted by molar-refractivity contribution is 6.61. The first-order valence-electron chi connectivity index (χ1n) is 6.36. The molecule has 0 aromatic heterocycles. The largest absolute Gasteiger partial charge is 1.00 e. The molecule has 0 heterocycles. The Bertz CT molecular complexity index is 274. The summed E-state index contributed by atoms with van der Waals surface area (Å²) in [5, 5.41) is 0. The summed E-state index contributed by atoms with van der Waals surface area (Å²) in [5.41, 5.74) is 0.0569. The molecule has 0 saturated carbocycles. The van der Waals surface area contributed by atoms with Gasteiger partial charge in [0.25, 0.3) is 0 Å². The summed E-state index contributed by atoms with van der Waals surface area (Å²) in [4.78, 5) is 0. The van der Waals surface area contributed by atoms with Crippen molar-refractivity contribution < 1.29 is 41.7 Å². The summed E-state index contributed by atoms with van der Waals surface area (Å²) in [6, 6.07) is 0. The molecular weight excluding hydrogens is 385 g/mol.